The molecule has 216 valence electrons. The van der Waals surface area contributed by atoms with E-state index in [2.05, 4.69) is 137 Å². The van der Waals surface area contributed by atoms with Crippen LogP contribution in [-0.4, -0.2) is 23.5 Å². The smallest absolute Gasteiger partial charge is 0.219 e. The third kappa shape index (κ3) is 3.75. The summed E-state index contributed by atoms with van der Waals surface area (Å²) in [7, 11) is 0. The van der Waals surface area contributed by atoms with Crippen molar-refractivity contribution in [1.29, 1.82) is 0 Å². The maximum atomic E-state index is 6.61. The second kappa shape index (κ2) is 9.56. The number of pyridine rings is 1. The van der Waals surface area contributed by atoms with E-state index in [1.807, 2.05) is 18.6 Å². The molecule has 0 aliphatic heterocycles. The van der Waals surface area contributed by atoms with Gasteiger partial charge in [-0.15, -0.1) is 0 Å². The predicted molar refractivity (Wildman–Crippen MR) is 182 cm³/mol. The van der Waals surface area contributed by atoms with Crippen LogP contribution in [-0.2, 0) is 0 Å². The lowest BCUT2D eigenvalue weighted by Crippen LogP contribution is -2.07. The molecule has 6 nitrogen and oxygen atoms in total. The number of nitrogens with zero attached hydrogens (tertiary/aromatic N) is 5. The van der Waals surface area contributed by atoms with Crippen molar-refractivity contribution < 1.29 is 4.74 Å². The van der Waals surface area contributed by atoms with Gasteiger partial charge in [0.05, 0.1) is 22.2 Å². The molecule has 0 saturated carbocycles. The molecule has 0 atom stereocenters. The number of ether oxygens (including phenoxy) is 1. The number of rotatable bonds is 4. The average Bonchev–Trinajstić information content (AvgIpc) is 3.77. The first kappa shape index (κ1) is 25.6. The fourth-order valence-electron chi connectivity index (χ4n) is 7.02. The minimum atomic E-state index is 0.757. The summed E-state index contributed by atoms with van der Waals surface area (Å²) in [6.07, 6.45) is 5.85. The summed E-state index contributed by atoms with van der Waals surface area (Å²) in [6.45, 7) is 6.39. The third-order valence-corrected chi connectivity index (χ3v) is 8.99. The first-order valence-electron chi connectivity index (χ1n) is 15.2. The molecule has 0 aliphatic rings. The van der Waals surface area contributed by atoms with Crippen molar-refractivity contribution in [2.45, 2.75) is 20.8 Å². The Balaban J connectivity index is 1.22. The van der Waals surface area contributed by atoms with E-state index >= 15 is 0 Å². The monoisotopic (exact) mass is 583 g/mol. The van der Waals surface area contributed by atoms with E-state index < -0.39 is 0 Å². The number of para-hydroxylation sites is 3. The van der Waals surface area contributed by atoms with Gasteiger partial charge in [-0.1, -0.05) is 54.6 Å². The first-order chi connectivity index (χ1) is 22.1. The van der Waals surface area contributed by atoms with E-state index in [4.69, 9.17) is 14.7 Å². The second-order valence-corrected chi connectivity index (χ2v) is 11.8. The van der Waals surface area contributed by atoms with Gasteiger partial charge in [-0.25, -0.2) is 9.97 Å². The molecule has 9 aromatic rings. The summed E-state index contributed by atoms with van der Waals surface area (Å²) < 4.78 is 13.3. The van der Waals surface area contributed by atoms with Crippen molar-refractivity contribution in [1.82, 2.24) is 23.5 Å². The van der Waals surface area contributed by atoms with Crippen LogP contribution in [0.5, 0.6) is 11.5 Å². The molecule has 0 unspecified atom stereocenters. The number of imidazole rings is 2. The number of hydrogen-bond acceptors (Lipinski definition) is 3. The number of aryl methyl sites for hydroxylation is 3. The molecule has 0 aliphatic carbocycles. The standard InChI is InChI=1S/C39H29N5O/c1-24-9-8-10-25(2)37(24)42-20-19-40-39(42)44-35-14-7-5-12-31(35)32-18-16-28(22-36(32)44)45-27-15-17-29-30-11-4-6-13-34(30)43-26(3)23-41-38(43)33(29)21-27/h4-23H,1-3H3. The van der Waals surface area contributed by atoms with Crippen LogP contribution in [0.4, 0.5) is 0 Å². The maximum absolute atomic E-state index is 6.61. The molecular formula is C39H29N5O. The highest BCUT2D eigenvalue weighted by Gasteiger charge is 2.19. The normalized spacial score (nSPS) is 11.9. The molecule has 0 amide bonds. The molecular weight excluding hydrogens is 554 g/mol. The SMILES string of the molecule is Cc1cccc(C)c1-n1ccnc1-n1c2ccccc2c2ccc(Oc3ccc4c5ccccc5n5c(C)cnc5c4c3)cc21. The number of hydrogen-bond donors (Lipinski definition) is 0. The lowest BCUT2D eigenvalue weighted by molar-refractivity contribution is 0.484. The zero-order valence-electron chi connectivity index (χ0n) is 25.2. The quantitative estimate of drug-likeness (QED) is 0.194. The van der Waals surface area contributed by atoms with Gasteiger partial charge in [0.1, 0.15) is 17.1 Å². The van der Waals surface area contributed by atoms with Crippen molar-refractivity contribution in [2.24, 2.45) is 0 Å². The molecule has 0 radical (unpaired) electrons. The Labute approximate surface area is 259 Å². The zero-order chi connectivity index (χ0) is 30.2. The van der Waals surface area contributed by atoms with E-state index in [0.29, 0.717) is 0 Å². The minimum absolute atomic E-state index is 0.757. The van der Waals surface area contributed by atoms with Gasteiger partial charge in [-0.2, -0.15) is 0 Å². The summed E-state index contributed by atoms with van der Waals surface area (Å²) in [4.78, 5) is 9.69. The Kier molecular flexibility index (Phi) is 5.44. The Morgan fingerprint density at radius 1 is 0.578 bits per heavy atom. The zero-order valence-corrected chi connectivity index (χ0v) is 25.2. The Hall–Kier alpha value is -5.88. The third-order valence-electron chi connectivity index (χ3n) is 8.99. The van der Waals surface area contributed by atoms with E-state index in [1.54, 1.807) is 0 Å². The summed E-state index contributed by atoms with van der Waals surface area (Å²) in [5, 5.41) is 5.73. The first-order valence-corrected chi connectivity index (χ1v) is 15.2. The maximum Gasteiger partial charge on any atom is 0.219 e. The van der Waals surface area contributed by atoms with Gasteiger partial charge in [0.2, 0.25) is 5.95 Å². The molecule has 45 heavy (non-hydrogen) atoms. The van der Waals surface area contributed by atoms with Crippen LogP contribution in [0.3, 0.4) is 0 Å². The Morgan fingerprint density at radius 3 is 2.04 bits per heavy atom. The molecule has 0 spiro atoms. The summed E-state index contributed by atoms with van der Waals surface area (Å²) in [5.74, 6) is 2.36. The second-order valence-electron chi connectivity index (χ2n) is 11.8. The van der Waals surface area contributed by atoms with Gasteiger partial charge >= 0.3 is 0 Å². The van der Waals surface area contributed by atoms with Gasteiger partial charge in [-0.05, 0) is 79.7 Å². The van der Waals surface area contributed by atoms with Gasteiger partial charge in [0, 0.05) is 51.9 Å². The lowest BCUT2D eigenvalue weighted by Gasteiger charge is -2.16. The highest BCUT2D eigenvalue weighted by atomic mass is 16.5. The largest absolute Gasteiger partial charge is 0.457 e. The highest BCUT2D eigenvalue weighted by Crippen LogP contribution is 2.37. The average molecular weight is 584 g/mol. The lowest BCUT2D eigenvalue weighted by atomic mass is 10.1. The summed E-state index contributed by atoms with van der Waals surface area (Å²) >= 11 is 0. The molecule has 4 heterocycles. The summed E-state index contributed by atoms with van der Waals surface area (Å²) in [6, 6.07) is 36.0. The van der Waals surface area contributed by atoms with Crippen molar-refractivity contribution in [3.05, 3.63) is 139 Å². The van der Waals surface area contributed by atoms with Crippen molar-refractivity contribution in [2.75, 3.05) is 0 Å². The van der Waals surface area contributed by atoms with Crippen molar-refractivity contribution >= 4 is 49.1 Å². The molecule has 0 fully saturated rings. The van der Waals surface area contributed by atoms with Gasteiger partial charge < -0.3 is 4.74 Å². The van der Waals surface area contributed by atoms with E-state index in [0.717, 1.165) is 67.2 Å². The molecule has 0 N–H and O–H groups in total. The van der Waals surface area contributed by atoms with Gasteiger partial charge in [-0.3, -0.25) is 13.5 Å². The number of benzene rings is 5. The van der Waals surface area contributed by atoms with Gasteiger partial charge in [0.25, 0.3) is 0 Å². The van der Waals surface area contributed by atoms with E-state index in [-0.39, 0.29) is 0 Å². The fourth-order valence-corrected chi connectivity index (χ4v) is 7.02. The molecule has 5 aromatic carbocycles. The predicted octanol–water partition coefficient (Wildman–Crippen LogP) is 9.64. The topological polar surface area (TPSA) is 49.3 Å². The fraction of sp³-hybridized carbons (Fsp3) is 0.0769. The minimum Gasteiger partial charge on any atom is -0.457 e. The molecule has 9 rings (SSSR count). The number of aromatic nitrogens is 5. The van der Waals surface area contributed by atoms with Crippen LogP contribution < -0.4 is 4.74 Å². The van der Waals surface area contributed by atoms with E-state index in [1.165, 1.54) is 21.9 Å². The van der Waals surface area contributed by atoms with Crippen LogP contribution in [0.1, 0.15) is 16.8 Å². The molecule has 6 heteroatoms. The Bertz CT molecular complexity index is 2600. The van der Waals surface area contributed by atoms with Crippen LogP contribution >= 0.6 is 0 Å². The van der Waals surface area contributed by atoms with Crippen molar-refractivity contribution in [3.63, 3.8) is 0 Å². The van der Waals surface area contributed by atoms with Crippen LogP contribution in [0.2, 0.25) is 0 Å². The van der Waals surface area contributed by atoms with Gasteiger partial charge in [0.15, 0.2) is 0 Å². The Morgan fingerprint density at radius 2 is 1.24 bits per heavy atom. The molecule has 0 bridgehead atoms. The summed E-state index contributed by atoms with van der Waals surface area (Å²) in [5.41, 5.74) is 8.86. The molecule has 4 aromatic heterocycles. The van der Waals surface area contributed by atoms with Crippen LogP contribution in [0.25, 0.3) is 60.8 Å². The van der Waals surface area contributed by atoms with Crippen LogP contribution in [0.15, 0.2) is 122 Å². The van der Waals surface area contributed by atoms with Crippen LogP contribution in [0, 0.1) is 20.8 Å². The number of fused-ring (bicyclic) bond motifs is 9. The molecule has 0 saturated heterocycles. The highest BCUT2D eigenvalue weighted by molar-refractivity contribution is 6.12. The van der Waals surface area contributed by atoms with Crippen molar-refractivity contribution in [3.8, 4) is 23.1 Å². The van der Waals surface area contributed by atoms with E-state index in [9.17, 15) is 0 Å².